The Kier molecular flexibility index (Phi) is 6.92. The van der Waals surface area contributed by atoms with Gasteiger partial charge in [0, 0.05) is 27.7 Å². The number of ether oxygens (including phenoxy) is 1. The highest BCUT2D eigenvalue weighted by molar-refractivity contribution is 6.00. The molecule has 2 aliphatic carbocycles. The fourth-order valence-corrected chi connectivity index (χ4v) is 10.4. The topological polar surface area (TPSA) is 47.9 Å². The van der Waals surface area contributed by atoms with Gasteiger partial charge in [0.15, 0.2) is 5.82 Å². The Morgan fingerprint density at radius 1 is 0.466 bits per heavy atom. The second-order valence-electron chi connectivity index (χ2n) is 16.3. The number of benzene rings is 8. The Balaban J connectivity index is 1.14. The van der Waals surface area contributed by atoms with Gasteiger partial charge in [-0.05, 0) is 78.5 Å². The van der Waals surface area contributed by atoms with Crippen molar-refractivity contribution in [1.82, 2.24) is 15.2 Å². The van der Waals surface area contributed by atoms with E-state index in [1.165, 1.54) is 38.9 Å². The highest BCUT2D eigenvalue weighted by Crippen LogP contribution is 2.63. The van der Waals surface area contributed by atoms with Gasteiger partial charge in [-0.3, -0.25) is 0 Å². The number of aromatic nitrogens is 3. The molecular weight excluding hydrogens is 707 g/mol. The second kappa shape index (κ2) is 12.2. The van der Waals surface area contributed by atoms with Crippen LogP contribution in [0.2, 0.25) is 0 Å². The summed E-state index contributed by atoms with van der Waals surface area (Å²) in [7, 11) is 0. The molecule has 2 heterocycles. The molecule has 0 fully saturated rings. The zero-order valence-corrected chi connectivity index (χ0v) is 32.2. The van der Waals surface area contributed by atoms with Crippen LogP contribution >= 0.6 is 0 Å². The van der Waals surface area contributed by atoms with Crippen LogP contribution in [0.15, 0.2) is 176 Å². The van der Waals surface area contributed by atoms with E-state index in [4.69, 9.17) is 19.9 Å². The van der Waals surface area contributed by atoms with E-state index in [1.807, 2.05) is 12.1 Å². The van der Waals surface area contributed by atoms with Crippen LogP contribution in [0.1, 0.15) is 52.8 Å². The fourth-order valence-electron chi connectivity index (χ4n) is 10.4. The first kappa shape index (κ1) is 33.0. The minimum absolute atomic E-state index is 0.172. The molecule has 4 heteroatoms. The second-order valence-corrected chi connectivity index (χ2v) is 16.3. The Labute approximate surface area is 337 Å². The molecule has 0 saturated carbocycles. The summed E-state index contributed by atoms with van der Waals surface area (Å²) in [6.45, 7) is 5.25. The predicted octanol–water partition coefficient (Wildman–Crippen LogP) is 12.6. The summed E-state index contributed by atoms with van der Waals surface area (Å²) < 4.78 is 6.15. The van der Waals surface area contributed by atoms with Crippen molar-refractivity contribution in [2.75, 3.05) is 0 Å². The SMILES string of the molecule is CC1(C)c2ccccc2C2(c3ccccc3-c3c(-c4nnc(-c5cccc6ccccc56)c(-c5ccc6c(c5)-c5ccccc5OC6)n4)cccc32)c2ccccc21. The Morgan fingerprint density at radius 2 is 1.07 bits per heavy atom. The van der Waals surface area contributed by atoms with Crippen molar-refractivity contribution >= 4 is 10.8 Å². The van der Waals surface area contributed by atoms with Gasteiger partial charge in [-0.25, -0.2) is 4.98 Å². The van der Waals surface area contributed by atoms with E-state index >= 15 is 0 Å². The van der Waals surface area contributed by atoms with Crippen LogP contribution in [-0.4, -0.2) is 15.2 Å². The summed E-state index contributed by atoms with van der Waals surface area (Å²) in [6, 6.07) is 63.5. The molecule has 0 atom stereocenters. The van der Waals surface area contributed by atoms with Crippen LogP contribution in [0.4, 0.5) is 0 Å². The summed E-state index contributed by atoms with van der Waals surface area (Å²) in [4.78, 5) is 5.59. The number of nitrogens with zero attached hydrogens (tertiary/aromatic N) is 3. The maximum Gasteiger partial charge on any atom is 0.183 e. The largest absolute Gasteiger partial charge is 0.488 e. The third-order valence-corrected chi connectivity index (χ3v) is 13.0. The molecule has 0 radical (unpaired) electrons. The molecular formula is C54H37N3O. The minimum atomic E-state index is -0.516. The summed E-state index contributed by atoms with van der Waals surface area (Å²) in [5, 5.41) is 12.5. The average Bonchev–Trinajstić information content (AvgIpc) is 3.59. The molecule has 58 heavy (non-hydrogen) atoms. The highest BCUT2D eigenvalue weighted by atomic mass is 16.5. The first-order valence-corrected chi connectivity index (χ1v) is 20.1. The summed E-state index contributed by atoms with van der Waals surface area (Å²) in [5.41, 5.74) is 17.4. The molecule has 8 aromatic carbocycles. The lowest BCUT2D eigenvalue weighted by molar-refractivity contribution is 0.302. The molecule has 274 valence electrons. The molecule has 12 rings (SSSR count). The summed E-state index contributed by atoms with van der Waals surface area (Å²) in [6.07, 6.45) is 0. The number of fused-ring (bicyclic) bond motifs is 13. The van der Waals surface area contributed by atoms with Crippen molar-refractivity contribution in [3.63, 3.8) is 0 Å². The zero-order valence-electron chi connectivity index (χ0n) is 32.2. The van der Waals surface area contributed by atoms with Crippen molar-refractivity contribution in [3.8, 4) is 61.9 Å². The van der Waals surface area contributed by atoms with Gasteiger partial charge in [-0.1, -0.05) is 178 Å². The Bertz CT molecular complexity index is 3120. The van der Waals surface area contributed by atoms with Crippen LogP contribution in [0.5, 0.6) is 5.75 Å². The first-order valence-electron chi connectivity index (χ1n) is 20.1. The molecule has 4 nitrogen and oxygen atoms in total. The van der Waals surface area contributed by atoms with E-state index in [2.05, 4.69) is 178 Å². The van der Waals surface area contributed by atoms with Crippen molar-refractivity contribution in [2.45, 2.75) is 31.3 Å². The lowest BCUT2D eigenvalue weighted by Gasteiger charge is -2.46. The van der Waals surface area contributed by atoms with Crippen molar-refractivity contribution < 1.29 is 4.74 Å². The van der Waals surface area contributed by atoms with E-state index in [0.29, 0.717) is 12.4 Å². The third kappa shape index (κ3) is 4.43. The Hall–Kier alpha value is -7.17. The lowest BCUT2D eigenvalue weighted by Crippen LogP contribution is -2.40. The van der Waals surface area contributed by atoms with Gasteiger partial charge in [0.2, 0.25) is 0 Å². The van der Waals surface area contributed by atoms with E-state index in [-0.39, 0.29) is 5.41 Å². The van der Waals surface area contributed by atoms with Gasteiger partial charge in [0.1, 0.15) is 23.7 Å². The van der Waals surface area contributed by atoms with Gasteiger partial charge in [0.05, 0.1) is 5.41 Å². The molecule has 9 aromatic rings. The standard InChI is InChI=1S/C54H37N3O/c1-53(2)43-23-8-10-25-45(43)54(46-26-11-9-24-44(46)53)42-22-7-5-19-39(42)49-40(21-14-27-47(49)54)52-55-50(51(56-57-52)38-20-13-16-33-15-3-4-17-36(33)38)34-29-30-35-32-58-48-28-12-6-18-37(48)41(35)31-34/h3-31H,32H2,1-2H3. The molecule has 0 saturated heterocycles. The van der Waals surface area contributed by atoms with Gasteiger partial charge < -0.3 is 4.74 Å². The molecule has 0 bridgehead atoms. The smallest absolute Gasteiger partial charge is 0.183 e. The Morgan fingerprint density at radius 3 is 1.88 bits per heavy atom. The van der Waals surface area contributed by atoms with E-state index in [1.54, 1.807) is 0 Å². The summed E-state index contributed by atoms with van der Waals surface area (Å²) in [5.74, 6) is 1.49. The van der Waals surface area contributed by atoms with Crippen molar-refractivity contribution in [1.29, 1.82) is 0 Å². The average molecular weight is 744 g/mol. The highest BCUT2D eigenvalue weighted by Gasteiger charge is 2.53. The van der Waals surface area contributed by atoms with E-state index in [9.17, 15) is 0 Å². The van der Waals surface area contributed by atoms with Crippen LogP contribution in [0.25, 0.3) is 66.9 Å². The maximum absolute atomic E-state index is 6.15. The van der Waals surface area contributed by atoms with Gasteiger partial charge in [0.25, 0.3) is 0 Å². The van der Waals surface area contributed by atoms with Crippen LogP contribution in [0, 0.1) is 0 Å². The molecule has 1 aromatic heterocycles. The van der Waals surface area contributed by atoms with Crippen LogP contribution < -0.4 is 4.74 Å². The lowest BCUT2D eigenvalue weighted by atomic mass is 9.55. The molecule has 0 N–H and O–H groups in total. The quantitative estimate of drug-likeness (QED) is 0.181. The molecule has 1 spiro atoms. The number of hydrogen-bond donors (Lipinski definition) is 0. The van der Waals surface area contributed by atoms with Crippen molar-refractivity contribution in [3.05, 3.63) is 215 Å². The van der Waals surface area contributed by atoms with E-state index in [0.717, 1.165) is 66.9 Å². The molecule has 3 aliphatic rings. The number of rotatable bonds is 3. The monoisotopic (exact) mass is 743 g/mol. The normalized spacial score (nSPS) is 14.7. The predicted molar refractivity (Wildman–Crippen MR) is 233 cm³/mol. The fraction of sp³-hybridized carbons (Fsp3) is 0.0926. The minimum Gasteiger partial charge on any atom is -0.488 e. The first-order chi connectivity index (χ1) is 28.5. The van der Waals surface area contributed by atoms with Gasteiger partial charge >= 0.3 is 0 Å². The van der Waals surface area contributed by atoms with E-state index < -0.39 is 5.41 Å². The zero-order chi connectivity index (χ0) is 38.6. The van der Waals surface area contributed by atoms with Gasteiger partial charge in [-0.2, -0.15) is 0 Å². The van der Waals surface area contributed by atoms with Crippen LogP contribution in [0.3, 0.4) is 0 Å². The molecule has 0 amide bonds. The van der Waals surface area contributed by atoms with Gasteiger partial charge in [-0.15, -0.1) is 10.2 Å². The molecule has 1 aliphatic heterocycles. The third-order valence-electron chi connectivity index (χ3n) is 13.0. The maximum atomic E-state index is 6.15. The van der Waals surface area contributed by atoms with Crippen molar-refractivity contribution in [2.24, 2.45) is 0 Å². The summed E-state index contributed by atoms with van der Waals surface area (Å²) >= 11 is 0. The van der Waals surface area contributed by atoms with Crippen LogP contribution in [-0.2, 0) is 17.4 Å². The number of para-hydroxylation sites is 1. The number of hydrogen-bond acceptors (Lipinski definition) is 4. The molecule has 0 unspecified atom stereocenters.